The van der Waals surface area contributed by atoms with Crippen molar-refractivity contribution in [1.82, 2.24) is 9.80 Å². The zero-order valence-electron chi connectivity index (χ0n) is 11.9. The third-order valence-electron chi connectivity index (χ3n) is 2.63. The molecule has 120 valence electrons. The Hall–Kier alpha value is 0.260. The summed E-state index contributed by atoms with van der Waals surface area (Å²) in [4.78, 5) is 4.55. The predicted molar refractivity (Wildman–Crippen MR) is 96.1 cm³/mol. The Morgan fingerprint density at radius 1 is 0.950 bits per heavy atom. The highest BCUT2D eigenvalue weighted by atomic mass is 35.5. The summed E-state index contributed by atoms with van der Waals surface area (Å²) in [5, 5.41) is 0.785. The molecule has 1 aromatic rings. The highest BCUT2D eigenvalue weighted by molar-refractivity contribution is 6.30. The molecule has 20 heavy (non-hydrogen) atoms. The Balaban J connectivity index is -0.000000963. The second-order valence-electron chi connectivity index (χ2n) is 4.49. The van der Waals surface area contributed by atoms with Crippen molar-refractivity contribution in [2.24, 2.45) is 5.73 Å². The Morgan fingerprint density at radius 3 is 1.95 bits per heavy atom. The lowest BCUT2D eigenvalue weighted by atomic mass is 10.2. The first-order chi connectivity index (χ1) is 8.11. The number of hydrogen-bond donors (Lipinski definition) is 1. The molecule has 0 unspecified atom stereocenters. The smallest absolute Gasteiger partial charge is 0.0406 e. The van der Waals surface area contributed by atoms with Gasteiger partial charge in [0.15, 0.2) is 0 Å². The van der Waals surface area contributed by atoms with Crippen LogP contribution < -0.4 is 5.73 Å². The number of halogens is 4. The minimum atomic E-state index is 0. The minimum Gasteiger partial charge on any atom is -0.329 e. The van der Waals surface area contributed by atoms with Gasteiger partial charge in [0.25, 0.3) is 0 Å². The van der Waals surface area contributed by atoms with Gasteiger partial charge in [-0.2, -0.15) is 0 Å². The van der Waals surface area contributed by atoms with E-state index in [1.807, 2.05) is 12.1 Å². The van der Waals surface area contributed by atoms with Crippen molar-refractivity contribution in [3.63, 3.8) is 0 Å². The molecular weight excluding hydrogens is 340 g/mol. The van der Waals surface area contributed by atoms with Gasteiger partial charge in [-0.3, -0.25) is 4.90 Å². The van der Waals surface area contributed by atoms with E-state index in [0.717, 1.165) is 31.2 Å². The average molecular weight is 365 g/mol. The average Bonchev–Trinajstić information content (AvgIpc) is 2.29. The van der Waals surface area contributed by atoms with Gasteiger partial charge in [0.05, 0.1) is 0 Å². The van der Waals surface area contributed by atoms with Crippen molar-refractivity contribution < 1.29 is 0 Å². The molecule has 0 bridgehead atoms. The van der Waals surface area contributed by atoms with E-state index < -0.39 is 0 Å². The van der Waals surface area contributed by atoms with Crippen molar-refractivity contribution in [2.45, 2.75) is 6.54 Å². The molecule has 1 rings (SSSR count). The van der Waals surface area contributed by atoms with Gasteiger partial charge in [0, 0.05) is 37.7 Å². The molecule has 0 aliphatic heterocycles. The van der Waals surface area contributed by atoms with Gasteiger partial charge in [-0.25, -0.2) is 0 Å². The fraction of sp³-hybridized carbons (Fsp3) is 0.538. The van der Waals surface area contributed by atoms with E-state index in [1.165, 1.54) is 5.56 Å². The SMILES string of the molecule is CN(C)CCN(CCN)Cc1ccc(Cl)cc1.Cl.Cl.Cl. The van der Waals surface area contributed by atoms with Crippen molar-refractivity contribution in [3.05, 3.63) is 34.9 Å². The molecule has 0 amide bonds. The summed E-state index contributed by atoms with van der Waals surface area (Å²) in [7, 11) is 4.17. The zero-order valence-corrected chi connectivity index (χ0v) is 15.1. The molecule has 0 aliphatic rings. The zero-order chi connectivity index (χ0) is 12.7. The number of likely N-dealkylation sites (N-methyl/N-ethyl adjacent to an activating group) is 1. The summed E-state index contributed by atoms with van der Waals surface area (Å²) in [6.45, 7) is 4.64. The van der Waals surface area contributed by atoms with Crippen LogP contribution in [-0.2, 0) is 6.54 Å². The van der Waals surface area contributed by atoms with E-state index in [2.05, 4.69) is 36.0 Å². The van der Waals surface area contributed by atoms with Crippen LogP contribution in [0.2, 0.25) is 5.02 Å². The molecule has 1 aromatic carbocycles. The largest absolute Gasteiger partial charge is 0.329 e. The molecule has 2 N–H and O–H groups in total. The maximum Gasteiger partial charge on any atom is 0.0406 e. The monoisotopic (exact) mass is 363 g/mol. The number of benzene rings is 1. The van der Waals surface area contributed by atoms with Gasteiger partial charge >= 0.3 is 0 Å². The van der Waals surface area contributed by atoms with Crippen molar-refractivity contribution in [3.8, 4) is 0 Å². The van der Waals surface area contributed by atoms with E-state index in [0.29, 0.717) is 6.54 Å². The van der Waals surface area contributed by atoms with Gasteiger partial charge in [0.1, 0.15) is 0 Å². The topological polar surface area (TPSA) is 32.5 Å². The number of nitrogens with zero attached hydrogens (tertiary/aromatic N) is 2. The van der Waals surface area contributed by atoms with Crippen molar-refractivity contribution in [1.29, 1.82) is 0 Å². The Labute approximate surface area is 146 Å². The first-order valence-electron chi connectivity index (χ1n) is 5.93. The molecule has 0 radical (unpaired) electrons. The lowest BCUT2D eigenvalue weighted by Crippen LogP contribution is -2.34. The van der Waals surface area contributed by atoms with Crippen LogP contribution in [0.4, 0.5) is 0 Å². The molecule has 0 fully saturated rings. The van der Waals surface area contributed by atoms with Gasteiger partial charge in [-0.1, -0.05) is 23.7 Å². The van der Waals surface area contributed by atoms with Crippen LogP contribution in [0, 0.1) is 0 Å². The molecule has 0 atom stereocenters. The summed E-state index contributed by atoms with van der Waals surface area (Å²) >= 11 is 5.87. The van der Waals surface area contributed by atoms with E-state index >= 15 is 0 Å². The van der Waals surface area contributed by atoms with Crippen LogP contribution in [0.25, 0.3) is 0 Å². The van der Waals surface area contributed by atoms with Gasteiger partial charge in [0.2, 0.25) is 0 Å². The van der Waals surface area contributed by atoms with Gasteiger partial charge in [-0.05, 0) is 31.8 Å². The Kier molecular flexibility index (Phi) is 17.9. The molecule has 0 aromatic heterocycles. The van der Waals surface area contributed by atoms with Gasteiger partial charge < -0.3 is 10.6 Å². The maximum absolute atomic E-state index is 5.87. The van der Waals surface area contributed by atoms with E-state index in [4.69, 9.17) is 17.3 Å². The second-order valence-corrected chi connectivity index (χ2v) is 4.93. The third-order valence-corrected chi connectivity index (χ3v) is 2.88. The molecule has 3 nitrogen and oxygen atoms in total. The Morgan fingerprint density at radius 2 is 1.50 bits per heavy atom. The lowest BCUT2D eigenvalue weighted by Gasteiger charge is -2.23. The number of hydrogen-bond acceptors (Lipinski definition) is 3. The van der Waals surface area contributed by atoms with E-state index in [-0.39, 0.29) is 37.2 Å². The maximum atomic E-state index is 5.87. The van der Waals surface area contributed by atoms with Crippen LogP contribution in [-0.4, -0.2) is 50.1 Å². The van der Waals surface area contributed by atoms with Crippen LogP contribution in [0.1, 0.15) is 5.56 Å². The highest BCUT2D eigenvalue weighted by Crippen LogP contribution is 2.11. The molecule has 0 saturated carbocycles. The molecular formula is C13H25Cl4N3. The minimum absolute atomic E-state index is 0. The third kappa shape index (κ3) is 11.0. The molecule has 0 heterocycles. The fourth-order valence-corrected chi connectivity index (χ4v) is 1.77. The Bertz CT molecular complexity index is 320. The summed E-state index contributed by atoms with van der Waals surface area (Å²) in [6, 6.07) is 8.01. The number of rotatable bonds is 7. The predicted octanol–water partition coefficient (Wildman–Crippen LogP) is 2.93. The normalized spacial score (nSPS) is 9.70. The molecule has 0 aliphatic carbocycles. The summed E-state index contributed by atoms with van der Waals surface area (Å²) in [5.74, 6) is 0. The summed E-state index contributed by atoms with van der Waals surface area (Å²) in [6.07, 6.45) is 0. The summed E-state index contributed by atoms with van der Waals surface area (Å²) < 4.78 is 0. The molecule has 7 heteroatoms. The first-order valence-corrected chi connectivity index (χ1v) is 6.31. The van der Waals surface area contributed by atoms with Crippen molar-refractivity contribution >= 4 is 48.8 Å². The second kappa shape index (κ2) is 14.2. The van der Waals surface area contributed by atoms with Crippen LogP contribution >= 0.6 is 48.8 Å². The fourth-order valence-electron chi connectivity index (χ4n) is 1.64. The highest BCUT2D eigenvalue weighted by Gasteiger charge is 2.05. The lowest BCUT2D eigenvalue weighted by molar-refractivity contribution is 0.239. The van der Waals surface area contributed by atoms with E-state index in [1.54, 1.807) is 0 Å². The van der Waals surface area contributed by atoms with Gasteiger partial charge in [-0.15, -0.1) is 37.2 Å². The van der Waals surface area contributed by atoms with Crippen molar-refractivity contribution in [2.75, 3.05) is 40.3 Å². The van der Waals surface area contributed by atoms with Crippen LogP contribution in [0.3, 0.4) is 0 Å². The quantitative estimate of drug-likeness (QED) is 0.807. The van der Waals surface area contributed by atoms with Crippen LogP contribution in [0.15, 0.2) is 24.3 Å². The number of nitrogens with two attached hydrogens (primary N) is 1. The molecule has 0 saturated heterocycles. The summed E-state index contributed by atoms with van der Waals surface area (Å²) in [5.41, 5.74) is 6.92. The van der Waals surface area contributed by atoms with Crippen LogP contribution in [0.5, 0.6) is 0 Å². The first kappa shape index (κ1) is 25.2. The molecule has 0 spiro atoms. The van der Waals surface area contributed by atoms with E-state index in [9.17, 15) is 0 Å². The standard InChI is InChI=1S/C13H22ClN3.3ClH/c1-16(2)9-10-17(8-7-15)11-12-3-5-13(14)6-4-12;;;/h3-6H,7-11,15H2,1-2H3;3*1H.